The number of aromatic nitrogens is 1. The Morgan fingerprint density at radius 1 is 1.63 bits per heavy atom. The molecule has 1 aromatic rings. The van der Waals surface area contributed by atoms with Gasteiger partial charge in [-0.15, -0.1) is 0 Å². The van der Waals surface area contributed by atoms with Gasteiger partial charge in [-0.1, -0.05) is 11.6 Å². The van der Waals surface area contributed by atoms with E-state index in [0.29, 0.717) is 24.7 Å². The third-order valence-electron chi connectivity index (χ3n) is 3.85. The molecule has 2 atom stereocenters. The molecule has 0 aromatic carbocycles. The fourth-order valence-corrected chi connectivity index (χ4v) is 3.07. The average Bonchev–Trinajstić information content (AvgIpc) is 2.46. The van der Waals surface area contributed by atoms with Crippen molar-refractivity contribution in [2.45, 2.75) is 12.5 Å². The Morgan fingerprint density at radius 3 is 3.26 bits per heavy atom. The topological polar surface area (TPSA) is 54.5 Å². The van der Waals surface area contributed by atoms with Gasteiger partial charge in [0, 0.05) is 26.2 Å². The van der Waals surface area contributed by atoms with E-state index in [1.54, 1.807) is 13.2 Å². The smallest absolute Gasteiger partial charge is 0.225 e. The van der Waals surface area contributed by atoms with E-state index >= 15 is 0 Å². The first-order valence-electron chi connectivity index (χ1n) is 6.41. The van der Waals surface area contributed by atoms with Gasteiger partial charge >= 0.3 is 0 Å². The van der Waals surface area contributed by atoms with Crippen LogP contribution < -0.4 is 10.2 Å². The van der Waals surface area contributed by atoms with Crippen LogP contribution in [0.5, 0.6) is 0 Å². The monoisotopic (exact) mass is 281 g/mol. The Kier molecular flexibility index (Phi) is 3.33. The molecule has 1 fully saturated rings. The minimum atomic E-state index is -0.119. The number of nitrogens with one attached hydrogen (secondary N) is 1. The highest BCUT2D eigenvalue weighted by molar-refractivity contribution is 6.30. The molecule has 1 N–H and O–H groups in total. The molecule has 0 radical (unpaired) electrons. The van der Waals surface area contributed by atoms with Gasteiger partial charge in [0.15, 0.2) is 0 Å². The molecule has 2 aliphatic heterocycles. The van der Waals surface area contributed by atoms with Gasteiger partial charge in [0.1, 0.15) is 0 Å². The van der Waals surface area contributed by atoms with Crippen LogP contribution in [-0.4, -0.2) is 43.7 Å². The van der Waals surface area contributed by atoms with Crippen molar-refractivity contribution in [2.24, 2.45) is 5.92 Å². The van der Waals surface area contributed by atoms with Gasteiger partial charge < -0.3 is 15.0 Å². The molecule has 0 saturated carbocycles. The lowest BCUT2D eigenvalue weighted by Gasteiger charge is -2.44. The first kappa shape index (κ1) is 12.7. The van der Waals surface area contributed by atoms with Crippen LogP contribution in [0.3, 0.4) is 0 Å². The maximum Gasteiger partial charge on any atom is 0.225 e. The normalized spacial score (nSPS) is 25.5. The van der Waals surface area contributed by atoms with Gasteiger partial charge in [-0.3, -0.25) is 9.78 Å². The maximum absolute atomic E-state index is 12.1. The zero-order valence-corrected chi connectivity index (χ0v) is 11.5. The summed E-state index contributed by atoms with van der Waals surface area (Å²) in [6.07, 6.45) is 2.28. The highest BCUT2D eigenvalue weighted by Crippen LogP contribution is 2.35. The van der Waals surface area contributed by atoms with Crippen LogP contribution in [-0.2, 0) is 16.0 Å². The van der Waals surface area contributed by atoms with Crippen LogP contribution in [0.2, 0.25) is 5.02 Å². The maximum atomic E-state index is 12.1. The number of morpholine rings is 1. The molecule has 102 valence electrons. The van der Waals surface area contributed by atoms with Crippen molar-refractivity contribution in [3.05, 3.63) is 23.0 Å². The fourth-order valence-electron chi connectivity index (χ4n) is 2.92. The highest BCUT2D eigenvalue weighted by Gasteiger charge is 2.40. The number of nitrogens with zero attached hydrogens (tertiary/aromatic N) is 2. The van der Waals surface area contributed by atoms with Gasteiger partial charge in [-0.05, 0) is 6.07 Å². The number of carbonyl (C=O) groups excluding carboxylic acids is 1. The zero-order valence-electron chi connectivity index (χ0n) is 10.7. The number of pyridine rings is 1. The summed E-state index contributed by atoms with van der Waals surface area (Å²) in [7, 11) is 1.67. The van der Waals surface area contributed by atoms with Crippen molar-refractivity contribution < 1.29 is 9.53 Å². The summed E-state index contributed by atoms with van der Waals surface area (Å²) in [4.78, 5) is 18.6. The number of hydrogen-bond acceptors (Lipinski definition) is 4. The molecule has 1 amide bonds. The summed E-state index contributed by atoms with van der Waals surface area (Å²) in [6.45, 7) is 2.01. The van der Waals surface area contributed by atoms with E-state index in [-0.39, 0.29) is 17.9 Å². The molecule has 0 bridgehead atoms. The lowest BCUT2D eigenvalue weighted by atomic mass is 9.87. The van der Waals surface area contributed by atoms with Crippen molar-refractivity contribution in [1.29, 1.82) is 0 Å². The van der Waals surface area contributed by atoms with Gasteiger partial charge in [-0.25, -0.2) is 0 Å². The summed E-state index contributed by atoms with van der Waals surface area (Å²) in [5.74, 6) is -0.0747. The fraction of sp³-hybridized carbons (Fsp3) is 0.538. The summed E-state index contributed by atoms with van der Waals surface area (Å²) >= 11 is 6.03. The molecule has 0 spiro atoms. The summed E-state index contributed by atoms with van der Waals surface area (Å²) in [5, 5.41) is 3.36. The number of carbonyl (C=O) groups is 1. The van der Waals surface area contributed by atoms with Crippen LogP contribution in [0.4, 0.5) is 5.69 Å². The minimum absolute atomic E-state index is 0.0444. The van der Waals surface area contributed by atoms with Crippen LogP contribution in [0.25, 0.3) is 0 Å². The minimum Gasteiger partial charge on any atom is -0.377 e. The first-order valence-corrected chi connectivity index (χ1v) is 6.79. The van der Waals surface area contributed by atoms with Crippen LogP contribution in [0, 0.1) is 5.92 Å². The molecule has 1 aromatic heterocycles. The lowest BCUT2D eigenvalue weighted by Crippen LogP contribution is -2.56. The van der Waals surface area contributed by atoms with Crippen LogP contribution in [0.1, 0.15) is 5.69 Å². The Balaban J connectivity index is 2.01. The van der Waals surface area contributed by atoms with Crippen molar-refractivity contribution >= 4 is 23.2 Å². The van der Waals surface area contributed by atoms with Crippen LogP contribution in [0.15, 0.2) is 12.3 Å². The van der Waals surface area contributed by atoms with Crippen molar-refractivity contribution in [2.75, 3.05) is 31.7 Å². The average molecular weight is 282 g/mol. The van der Waals surface area contributed by atoms with E-state index in [1.807, 2.05) is 6.07 Å². The molecule has 2 unspecified atom stereocenters. The second kappa shape index (κ2) is 4.98. The van der Waals surface area contributed by atoms with Gasteiger partial charge in [0.05, 0.1) is 41.6 Å². The number of rotatable bonds is 1. The molecule has 19 heavy (non-hydrogen) atoms. The van der Waals surface area contributed by atoms with Crippen LogP contribution >= 0.6 is 11.6 Å². The molecule has 5 nitrogen and oxygen atoms in total. The number of amides is 1. The largest absolute Gasteiger partial charge is 0.377 e. The van der Waals surface area contributed by atoms with Gasteiger partial charge in [0.2, 0.25) is 5.91 Å². The Labute approximate surface area is 116 Å². The highest BCUT2D eigenvalue weighted by atomic mass is 35.5. The van der Waals surface area contributed by atoms with E-state index in [9.17, 15) is 4.79 Å². The molecule has 1 saturated heterocycles. The summed E-state index contributed by atoms with van der Waals surface area (Å²) in [6, 6.07) is 2.00. The van der Waals surface area contributed by atoms with Gasteiger partial charge in [0.25, 0.3) is 0 Å². The predicted octanol–water partition coefficient (Wildman–Crippen LogP) is 0.858. The van der Waals surface area contributed by atoms with Crippen molar-refractivity contribution in [3.63, 3.8) is 0 Å². The number of fused-ring (bicyclic) bond motifs is 3. The first-order chi connectivity index (χ1) is 9.20. The zero-order chi connectivity index (χ0) is 13.4. The third-order valence-corrected chi connectivity index (χ3v) is 4.06. The summed E-state index contributed by atoms with van der Waals surface area (Å²) in [5.41, 5.74) is 1.98. The number of ether oxygens (including phenoxy) is 1. The number of hydrogen-bond donors (Lipinski definition) is 1. The van der Waals surface area contributed by atoms with E-state index in [1.165, 1.54) is 0 Å². The standard InChI is InChI=1S/C13H16ClN3O2/c1-15-13(18)9-5-10-11(4-8(14)6-16-10)17-2-3-19-7-12(9)17/h4,6,9,12H,2-3,5,7H2,1H3,(H,15,18). The van der Waals surface area contributed by atoms with Crippen molar-refractivity contribution in [1.82, 2.24) is 10.3 Å². The molecule has 3 heterocycles. The van der Waals surface area contributed by atoms with E-state index in [2.05, 4.69) is 15.2 Å². The van der Waals surface area contributed by atoms with E-state index in [4.69, 9.17) is 16.3 Å². The van der Waals surface area contributed by atoms with E-state index in [0.717, 1.165) is 17.9 Å². The Hall–Kier alpha value is -1.33. The Morgan fingerprint density at radius 2 is 2.47 bits per heavy atom. The number of anilines is 1. The molecular formula is C13H16ClN3O2. The Bertz CT molecular complexity index is 509. The molecule has 6 heteroatoms. The predicted molar refractivity (Wildman–Crippen MR) is 72.5 cm³/mol. The quantitative estimate of drug-likeness (QED) is 0.830. The van der Waals surface area contributed by atoms with Crippen molar-refractivity contribution in [3.8, 4) is 0 Å². The SMILES string of the molecule is CNC(=O)C1Cc2ncc(Cl)cc2N2CCOCC12. The molecule has 0 aliphatic carbocycles. The van der Waals surface area contributed by atoms with Gasteiger partial charge in [-0.2, -0.15) is 0 Å². The third kappa shape index (κ3) is 2.17. The molecule has 3 rings (SSSR count). The summed E-state index contributed by atoms with van der Waals surface area (Å²) < 4.78 is 5.53. The second-order valence-electron chi connectivity index (χ2n) is 4.88. The van der Waals surface area contributed by atoms with E-state index < -0.39 is 0 Å². The number of halogens is 1. The molecular weight excluding hydrogens is 266 g/mol. The molecule has 2 aliphatic rings. The second-order valence-corrected chi connectivity index (χ2v) is 5.32. The lowest BCUT2D eigenvalue weighted by molar-refractivity contribution is -0.126.